The Balaban J connectivity index is 1.85. The third-order valence-electron chi connectivity index (χ3n) is 3.14. The Morgan fingerprint density at radius 2 is 1.82 bits per heavy atom. The maximum atomic E-state index is 12.0. The number of carbonyl (C=O) groups excluding carboxylic acids is 2. The van der Waals surface area contributed by atoms with Gasteiger partial charge in [0, 0.05) is 19.3 Å². The third-order valence-corrected chi connectivity index (χ3v) is 3.14. The molecule has 5 nitrogen and oxygen atoms in total. The molecule has 0 fully saturated rings. The predicted molar refractivity (Wildman–Crippen MR) is 84.1 cm³/mol. The average Bonchev–Trinajstić information content (AvgIpc) is 2.53. The van der Waals surface area contributed by atoms with Gasteiger partial charge in [-0.15, -0.1) is 0 Å². The van der Waals surface area contributed by atoms with Crippen LogP contribution in [0.1, 0.15) is 15.9 Å². The number of nitrogens with two attached hydrogens (primary N) is 1. The van der Waals surface area contributed by atoms with Crippen LogP contribution in [0.15, 0.2) is 54.6 Å². The van der Waals surface area contributed by atoms with E-state index in [1.54, 1.807) is 25.2 Å². The topological polar surface area (TPSA) is 72.6 Å². The number of amides is 1. The monoisotopic (exact) mass is 298 g/mol. The highest BCUT2D eigenvalue weighted by molar-refractivity contribution is 5.92. The molecule has 0 aliphatic rings. The number of benzene rings is 2. The molecule has 1 amide bonds. The molecule has 0 atom stereocenters. The van der Waals surface area contributed by atoms with Crippen LogP contribution in [0.25, 0.3) is 0 Å². The molecule has 22 heavy (non-hydrogen) atoms. The lowest BCUT2D eigenvalue weighted by Crippen LogP contribution is -2.30. The van der Waals surface area contributed by atoms with Gasteiger partial charge in [0.2, 0.25) is 0 Å². The van der Waals surface area contributed by atoms with E-state index >= 15 is 0 Å². The van der Waals surface area contributed by atoms with Gasteiger partial charge in [-0.05, 0) is 23.8 Å². The highest BCUT2D eigenvalue weighted by Gasteiger charge is 2.13. The van der Waals surface area contributed by atoms with Crippen molar-refractivity contribution in [3.05, 3.63) is 65.7 Å². The molecule has 0 radical (unpaired) electrons. The van der Waals surface area contributed by atoms with Gasteiger partial charge in [0.25, 0.3) is 5.91 Å². The molecule has 2 N–H and O–H groups in total. The Labute approximate surface area is 129 Å². The Morgan fingerprint density at radius 3 is 2.50 bits per heavy atom. The first-order valence-corrected chi connectivity index (χ1v) is 6.87. The van der Waals surface area contributed by atoms with Crippen molar-refractivity contribution in [1.29, 1.82) is 0 Å². The minimum absolute atomic E-state index is 0.263. The minimum Gasteiger partial charge on any atom is -0.452 e. The van der Waals surface area contributed by atoms with E-state index in [2.05, 4.69) is 0 Å². The van der Waals surface area contributed by atoms with Crippen molar-refractivity contribution >= 4 is 17.6 Å². The summed E-state index contributed by atoms with van der Waals surface area (Å²) < 4.78 is 5.02. The summed E-state index contributed by atoms with van der Waals surface area (Å²) in [5.41, 5.74) is 7.42. The number of likely N-dealkylation sites (N-methyl/N-ethyl adjacent to an activating group) is 1. The van der Waals surface area contributed by atoms with Gasteiger partial charge in [-0.25, -0.2) is 4.79 Å². The van der Waals surface area contributed by atoms with Crippen LogP contribution in [-0.4, -0.2) is 30.4 Å². The number of hydrogen-bond donors (Lipinski definition) is 1. The Kier molecular flexibility index (Phi) is 5.14. The fourth-order valence-electron chi connectivity index (χ4n) is 1.93. The predicted octanol–water partition coefficient (Wildman–Crippen LogP) is 2.08. The SMILES string of the molecule is CN(Cc1ccccc1)C(=O)COC(=O)c1cccc(N)c1. The van der Waals surface area contributed by atoms with Crippen molar-refractivity contribution < 1.29 is 14.3 Å². The zero-order valence-corrected chi connectivity index (χ0v) is 12.4. The van der Waals surface area contributed by atoms with E-state index < -0.39 is 5.97 Å². The zero-order chi connectivity index (χ0) is 15.9. The van der Waals surface area contributed by atoms with E-state index in [4.69, 9.17) is 10.5 Å². The van der Waals surface area contributed by atoms with Crippen LogP contribution in [0, 0.1) is 0 Å². The molecule has 0 saturated carbocycles. The first-order valence-electron chi connectivity index (χ1n) is 6.87. The number of anilines is 1. The molecular weight excluding hydrogens is 280 g/mol. The van der Waals surface area contributed by atoms with E-state index in [9.17, 15) is 9.59 Å². The second-order valence-corrected chi connectivity index (χ2v) is 4.94. The van der Waals surface area contributed by atoms with Crippen molar-refractivity contribution in [3.8, 4) is 0 Å². The molecule has 0 bridgehead atoms. The smallest absolute Gasteiger partial charge is 0.338 e. The summed E-state index contributed by atoms with van der Waals surface area (Å²) in [6, 6.07) is 16.0. The van der Waals surface area contributed by atoms with Gasteiger partial charge in [-0.1, -0.05) is 36.4 Å². The van der Waals surface area contributed by atoms with Crippen LogP contribution in [0.2, 0.25) is 0 Å². The molecule has 2 aromatic carbocycles. The molecule has 2 rings (SSSR count). The maximum absolute atomic E-state index is 12.0. The first-order chi connectivity index (χ1) is 10.6. The van der Waals surface area contributed by atoms with E-state index in [1.165, 1.54) is 11.0 Å². The first kappa shape index (κ1) is 15.6. The van der Waals surface area contributed by atoms with Crippen LogP contribution >= 0.6 is 0 Å². The van der Waals surface area contributed by atoms with Crippen molar-refractivity contribution in [1.82, 2.24) is 4.90 Å². The number of nitrogens with zero attached hydrogens (tertiary/aromatic N) is 1. The van der Waals surface area contributed by atoms with E-state index in [0.717, 1.165) is 5.56 Å². The van der Waals surface area contributed by atoms with Gasteiger partial charge in [-0.2, -0.15) is 0 Å². The number of esters is 1. The van der Waals surface area contributed by atoms with Gasteiger partial charge < -0.3 is 15.4 Å². The van der Waals surface area contributed by atoms with E-state index in [-0.39, 0.29) is 12.5 Å². The van der Waals surface area contributed by atoms with E-state index in [1.807, 2.05) is 30.3 Å². The van der Waals surface area contributed by atoms with Gasteiger partial charge in [0.15, 0.2) is 6.61 Å². The molecule has 0 aliphatic heterocycles. The summed E-state index contributed by atoms with van der Waals surface area (Å²) in [7, 11) is 1.67. The number of nitrogen functional groups attached to an aromatic ring is 1. The zero-order valence-electron chi connectivity index (χ0n) is 12.4. The van der Waals surface area contributed by atoms with Crippen molar-refractivity contribution in [2.75, 3.05) is 19.4 Å². The summed E-state index contributed by atoms with van der Waals surface area (Å²) in [6.45, 7) is 0.173. The highest BCUT2D eigenvalue weighted by atomic mass is 16.5. The van der Waals surface area contributed by atoms with Gasteiger partial charge in [0.05, 0.1) is 5.56 Å². The molecule has 5 heteroatoms. The second kappa shape index (κ2) is 7.26. The molecule has 0 aliphatic carbocycles. The Morgan fingerprint density at radius 1 is 1.09 bits per heavy atom. The molecule has 0 heterocycles. The third kappa shape index (κ3) is 4.34. The van der Waals surface area contributed by atoms with Gasteiger partial charge >= 0.3 is 5.97 Å². The van der Waals surface area contributed by atoms with Crippen LogP contribution in [0.4, 0.5) is 5.69 Å². The number of ether oxygens (including phenoxy) is 1. The van der Waals surface area contributed by atoms with Gasteiger partial charge in [-0.3, -0.25) is 4.79 Å². The van der Waals surface area contributed by atoms with Gasteiger partial charge in [0.1, 0.15) is 0 Å². The molecule has 0 unspecified atom stereocenters. The lowest BCUT2D eigenvalue weighted by molar-refractivity contribution is -0.133. The lowest BCUT2D eigenvalue weighted by atomic mass is 10.2. The number of hydrogen-bond acceptors (Lipinski definition) is 4. The van der Waals surface area contributed by atoms with Crippen LogP contribution in [0.5, 0.6) is 0 Å². The molecule has 0 aromatic heterocycles. The van der Waals surface area contributed by atoms with E-state index in [0.29, 0.717) is 17.8 Å². The summed E-state index contributed by atoms with van der Waals surface area (Å²) in [5, 5.41) is 0. The fourth-order valence-corrected chi connectivity index (χ4v) is 1.93. The second-order valence-electron chi connectivity index (χ2n) is 4.94. The van der Waals surface area contributed by atoms with Crippen LogP contribution < -0.4 is 5.73 Å². The lowest BCUT2D eigenvalue weighted by Gasteiger charge is -2.17. The fraction of sp³-hybridized carbons (Fsp3) is 0.176. The average molecular weight is 298 g/mol. The number of rotatable bonds is 5. The molecule has 2 aromatic rings. The quantitative estimate of drug-likeness (QED) is 0.677. The minimum atomic E-state index is -0.561. The highest BCUT2D eigenvalue weighted by Crippen LogP contribution is 2.08. The Hall–Kier alpha value is -2.82. The summed E-state index contributed by atoms with van der Waals surface area (Å²) in [4.78, 5) is 25.3. The largest absolute Gasteiger partial charge is 0.452 e. The number of carbonyl (C=O) groups is 2. The van der Waals surface area contributed by atoms with Crippen LogP contribution in [0.3, 0.4) is 0 Å². The standard InChI is InChI=1S/C17H18N2O3/c1-19(11-13-6-3-2-4-7-13)16(20)12-22-17(21)14-8-5-9-15(18)10-14/h2-10H,11-12,18H2,1H3. The Bertz CT molecular complexity index is 656. The molecular formula is C17H18N2O3. The normalized spacial score (nSPS) is 10.0. The molecule has 0 saturated heterocycles. The van der Waals surface area contributed by atoms with Crippen LogP contribution in [-0.2, 0) is 16.1 Å². The summed E-state index contributed by atoms with van der Waals surface area (Å²) in [6.07, 6.45) is 0. The summed E-state index contributed by atoms with van der Waals surface area (Å²) in [5.74, 6) is -0.824. The van der Waals surface area contributed by atoms with Crippen molar-refractivity contribution in [3.63, 3.8) is 0 Å². The summed E-state index contributed by atoms with van der Waals surface area (Å²) >= 11 is 0. The van der Waals surface area contributed by atoms with Crippen molar-refractivity contribution in [2.24, 2.45) is 0 Å². The molecule has 114 valence electrons. The van der Waals surface area contributed by atoms with Crippen molar-refractivity contribution in [2.45, 2.75) is 6.54 Å². The molecule has 0 spiro atoms. The maximum Gasteiger partial charge on any atom is 0.338 e.